The lowest BCUT2D eigenvalue weighted by atomic mass is 9.89. The van der Waals surface area contributed by atoms with E-state index < -0.39 is 29.2 Å². The number of ketones is 8. The summed E-state index contributed by atoms with van der Waals surface area (Å²) in [4.78, 5) is 137. The summed E-state index contributed by atoms with van der Waals surface area (Å²) in [6.45, 7) is 35.8. The van der Waals surface area contributed by atoms with E-state index in [-0.39, 0.29) is 187 Å². The Labute approximate surface area is 712 Å². The highest BCUT2D eigenvalue weighted by molar-refractivity contribution is 5.86. The van der Waals surface area contributed by atoms with Crippen LogP contribution in [0.25, 0.3) is 0 Å². The van der Waals surface area contributed by atoms with Gasteiger partial charge in [0.1, 0.15) is 49.6 Å². The second kappa shape index (κ2) is 85.6. The lowest BCUT2D eigenvalue weighted by molar-refractivity contribution is -0.144. The second-order valence-corrected chi connectivity index (χ2v) is 29.7. The monoisotopic (exact) mass is 1730 g/mol. The molecule has 702 valence electrons. The van der Waals surface area contributed by atoms with Gasteiger partial charge in [-0.05, 0) is 46.0 Å². The van der Waals surface area contributed by atoms with Crippen molar-refractivity contribution in [3.05, 3.63) is 0 Å². The molecule has 0 aliphatic carbocycles. The van der Waals surface area contributed by atoms with Crippen molar-refractivity contribution in [1.29, 1.82) is 0 Å². The van der Waals surface area contributed by atoms with E-state index in [2.05, 4.69) is 10.6 Å². The molecular weight excluding hydrogens is 1580 g/mol. The molecule has 0 unspecified atom stereocenters. The van der Waals surface area contributed by atoms with Crippen LogP contribution in [0.5, 0.6) is 0 Å². The van der Waals surface area contributed by atoms with Crippen LogP contribution >= 0.6 is 0 Å². The predicted octanol–water partition coefficient (Wildman–Crippen LogP) is 5.75. The molecule has 0 rings (SSSR count). The SMILES string of the molecule is CC(=O)C[C@@H](CCC(=O)NCCOCCOCC(=O)CCCOCCOCC(=O)C(C)(C)C)C(=O)O.CC(=O)C[C@@H](CCC(=O)NCCOCCOCC(=O)CCCOCCOCC(=O)C(C)C)C(=O)O.CCC(=O)CCCOCCOCCOCCOCCOCCOCCOCCOCCOCCOCCOCCOCCC(=O)C(C)(C)C. The Morgan fingerprint density at radius 3 is 0.783 bits per heavy atom. The van der Waals surface area contributed by atoms with Crippen LogP contribution in [-0.4, -0.2) is 358 Å². The van der Waals surface area contributed by atoms with Crippen molar-refractivity contribution < 1.29 is 162 Å². The van der Waals surface area contributed by atoms with Crippen LogP contribution in [0.3, 0.4) is 0 Å². The molecule has 36 nitrogen and oxygen atoms in total. The van der Waals surface area contributed by atoms with Gasteiger partial charge in [0.15, 0.2) is 23.1 Å². The lowest BCUT2D eigenvalue weighted by Gasteiger charge is -2.16. The Bertz CT molecular complexity index is 2580. The van der Waals surface area contributed by atoms with Gasteiger partial charge < -0.3 is 125 Å². The van der Waals surface area contributed by atoms with Gasteiger partial charge in [-0.3, -0.25) is 47.9 Å². The number of carboxylic acid groups (broad SMARTS) is 2. The van der Waals surface area contributed by atoms with Gasteiger partial charge in [-0.15, -0.1) is 0 Å². The number of Topliss-reactive ketones (excluding diaryl/α,β-unsaturated/α-hetero) is 8. The highest BCUT2D eigenvalue weighted by Gasteiger charge is 2.24. The smallest absolute Gasteiger partial charge is 0.306 e. The van der Waals surface area contributed by atoms with Crippen molar-refractivity contribution in [2.75, 3.05) is 277 Å². The molecule has 0 bridgehead atoms. The zero-order chi connectivity index (χ0) is 89.8. The van der Waals surface area contributed by atoms with E-state index in [1.165, 1.54) is 13.8 Å². The number of carboxylic acids is 2. The zero-order valence-corrected chi connectivity index (χ0v) is 74.3. The minimum Gasteiger partial charge on any atom is -0.481 e. The molecule has 0 saturated carbocycles. The largest absolute Gasteiger partial charge is 0.481 e. The number of hydrogen-bond acceptors (Lipinski definition) is 32. The van der Waals surface area contributed by atoms with Gasteiger partial charge in [0, 0.05) is 107 Å². The Morgan fingerprint density at radius 2 is 0.525 bits per heavy atom. The third-order valence-corrected chi connectivity index (χ3v) is 16.3. The van der Waals surface area contributed by atoms with Crippen LogP contribution in [0.2, 0.25) is 0 Å². The van der Waals surface area contributed by atoms with Crippen molar-refractivity contribution in [3.8, 4) is 0 Å². The first-order chi connectivity index (χ1) is 57.4. The average Bonchev–Trinajstić information content (AvgIpc) is 0.929. The number of rotatable bonds is 88. The average molecular weight is 1730 g/mol. The molecule has 0 aliphatic rings. The fraction of sp³-hybridized carbons (Fsp3) is 0.857. The van der Waals surface area contributed by atoms with Gasteiger partial charge in [-0.1, -0.05) is 62.3 Å². The van der Waals surface area contributed by atoms with Gasteiger partial charge in [0.05, 0.1) is 230 Å². The minimum absolute atomic E-state index is 0.00841. The summed E-state index contributed by atoms with van der Waals surface area (Å²) in [5, 5.41) is 23.3. The van der Waals surface area contributed by atoms with E-state index in [0.29, 0.717) is 243 Å². The summed E-state index contributed by atoms with van der Waals surface area (Å²) in [5.74, 6) is -4.48. The number of nitrogens with one attached hydrogen (secondary N) is 2. The van der Waals surface area contributed by atoms with Crippen LogP contribution in [0, 0.1) is 28.6 Å². The third-order valence-electron chi connectivity index (χ3n) is 16.3. The predicted molar refractivity (Wildman–Crippen MR) is 440 cm³/mol. The van der Waals surface area contributed by atoms with E-state index >= 15 is 0 Å². The number of carbonyl (C=O) groups excluding carboxylic acids is 10. The van der Waals surface area contributed by atoms with E-state index in [1.807, 2.05) is 62.3 Å². The van der Waals surface area contributed by atoms with Gasteiger partial charge in [0.25, 0.3) is 0 Å². The van der Waals surface area contributed by atoms with E-state index in [4.69, 9.17) is 105 Å². The van der Waals surface area contributed by atoms with Crippen LogP contribution in [-0.2, 0) is 152 Å². The molecule has 36 heteroatoms. The van der Waals surface area contributed by atoms with Crippen LogP contribution in [0.15, 0.2) is 0 Å². The normalized spacial score (nSPS) is 12.0. The highest BCUT2D eigenvalue weighted by atomic mass is 16.6. The van der Waals surface area contributed by atoms with E-state index in [9.17, 15) is 57.5 Å². The van der Waals surface area contributed by atoms with Gasteiger partial charge in [0.2, 0.25) is 11.8 Å². The van der Waals surface area contributed by atoms with Crippen LogP contribution in [0.1, 0.15) is 166 Å². The molecule has 0 aliphatic heterocycles. The van der Waals surface area contributed by atoms with Gasteiger partial charge in [-0.2, -0.15) is 0 Å². The van der Waals surface area contributed by atoms with Crippen LogP contribution in [0.4, 0.5) is 0 Å². The summed E-state index contributed by atoms with van der Waals surface area (Å²) in [7, 11) is 0. The van der Waals surface area contributed by atoms with Crippen molar-refractivity contribution in [1.82, 2.24) is 10.6 Å². The summed E-state index contributed by atoms with van der Waals surface area (Å²) >= 11 is 0. The molecule has 0 heterocycles. The standard InChI is InChI=1S/C35H68O14.C25H43NO10.C24H41NO10/c1-5-33(36)7-6-9-38-11-13-40-15-17-42-19-21-44-23-25-46-27-29-48-31-32-49-30-28-47-26-24-45-22-20-43-18-16-41-14-12-39-10-8-34(37)35(2,3)4;1-19(27)16-20(24(31)32)7-8-23(30)26-9-11-34-13-14-35-17-21(28)6-5-10-33-12-15-36-18-22(29)25(2,3)4;1-18(2)22(28)17-35-14-11-32-9-4-5-21(27)16-34-13-12-33-10-8-25-23(29)7-6-20(24(30)31)15-19(3)26/h5-32H2,1-4H3;20H,5-18H2,1-4H3,(H,26,30)(H,31,32);18,20H,4-17H2,1-3H3,(H,25,29)(H,30,31)/t;2*20-/m.11/s1. The number of amides is 2. The Morgan fingerprint density at radius 1 is 0.283 bits per heavy atom. The highest BCUT2D eigenvalue weighted by Crippen LogP contribution is 2.18. The molecule has 0 fully saturated rings. The van der Waals surface area contributed by atoms with Crippen molar-refractivity contribution >= 4 is 70.0 Å². The molecule has 0 spiro atoms. The maximum atomic E-state index is 11.8. The molecule has 4 N–H and O–H groups in total. The Hall–Kier alpha value is -5.56. The maximum Gasteiger partial charge on any atom is 0.306 e. The summed E-state index contributed by atoms with van der Waals surface area (Å²) in [6.07, 6.45) is 4.28. The molecule has 0 aromatic heterocycles. The maximum absolute atomic E-state index is 11.8. The summed E-state index contributed by atoms with van der Waals surface area (Å²) in [5.41, 5.74) is -0.731. The molecule has 0 saturated heterocycles. The van der Waals surface area contributed by atoms with Crippen molar-refractivity contribution in [3.63, 3.8) is 0 Å². The van der Waals surface area contributed by atoms with Crippen molar-refractivity contribution in [2.45, 2.75) is 166 Å². The number of aliphatic carboxylic acids is 2. The fourth-order valence-electron chi connectivity index (χ4n) is 9.10. The first-order valence-corrected chi connectivity index (χ1v) is 42.1. The molecule has 2 atom stereocenters. The summed E-state index contributed by atoms with van der Waals surface area (Å²) in [6, 6.07) is 0. The summed E-state index contributed by atoms with van der Waals surface area (Å²) < 4.78 is 108. The molecule has 0 aromatic rings. The number of carbonyl (C=O) groups is 12. The first kappa shape index (κ1) is 119. The molecule has 0 radical (unpaired) electrons. The third kappa shape index (κ3) is 90.2. The second-order valence-electron chi connectivity index (χ2n) is 29.7. The van der Waals surface area contributed by atoms with Gasteiger partial charge in [-0.25, -0.2) is 0 Å². The molecule has 2 amide bonds. The fourth-order valence-corrected chi connectivity index (χ4v) is 9.10. The molecular formula is C84H152N2O34. The Kier molecular flexibility index (Phi) is 84.6. The van der Waals surface area contributed by atoms with Gasteiger partial charge >= 0.3 is 11.9 Å². The van der Waals surface area contributed by atoms with E-state index in [0.717, 1.165) is 6.42 Å². The minimum atomic E-state index is -1.08. The number of hydrogen-bond donors (Lipinski definition) is 4. The molecule has 120 heavy (non-hydrogen) atoms. The molecule has 0 aromatic carbocycles. The van der Waals surface area contributed by atoms with E-state index in [1.54, 1.807) is 0 Å². The zero-order valence-electron chi connectivity index (χ0n) is 74.3. The quantitative estimate of drug-likeness (QED) is 0.0527. The topological polar surface area (TPSA) is 454 Å². The lowest BCUT2D eigenvalue weighted by Crippen LogP contribution is -2.29. The first-order valence-electron chi connectivity index (χ1n) is 42.1. The van der Waals surface area contributed by atoms with Crippen LogP contribution < -0.4 is 10.6 Å². The Balaban J connectivity index is -0.00000175. The van der Waals surface area contributed by atoms with Crippen molar-refractivity contribution in [2.24, 2.45) is 28.6 Å². The number of ether oxygens (including phenoxy) is 20.